The number of rotatable bonds is 10. The number of amides is 1. The average Bonchev–Trinajstić information content (AvgIpc) is 2.84. The van der Waals surface area contributed by atoms with Crippen LogP contribution in [0.25, 0.3) is 0 Å². The van der Waals surface area contributed by atoms with Crippen LogP contribution in [0.2, 0.25) is 0 Å². The van der Waals surface area contributed by atoms with E-state index < -0.39 is 17.2 Å². The van der Waals surface area contributed by atoms with Crippen LogP contribution in [-0.4, -0.2) is 58.1 Å². The third kappa shape index (κ3) is 16.6. The predicted octanol–water partition coefficient (Wildman–Crippen LogP) is 3.18. The zero-order valence-corrected chi connectivity index (χ0v) is 29.5. The molecule has 0 heterocycles. The summed E-state index contributed by atoms with van der Waals surface area (Å²) < 4.78 is 14.4. The van der Waals surface area contributed by atoms with Crippen LogP contribution in [0.4, 0.5) is 0 Å². The first-order valence-corrected chi connectivity index (χ1v) is 10.7. The number of ketones is 2. The second-order valence-electron chi connectivity index (χ2n) is 8.52. The number of esters is 1. The SMILES string of the molecule is [CH2-]NC(=O)COc1ccc(C(=O)C(C)(C)O)cc1.[CH2-]OC(=O)COc1ccc(C(=O)C(C)(C)O)cc1.[CH3-].[CH3-].[Y].[Y]. The van der Waals surface area contributed by atoms with Crippen LogP contribution in [0.15, 0.2) is 48.5 Å². The summed E-state index contributed by atoms with van der Waals surface area (Å²) in [6.45, 7) is 5.31. The molecule has 0 saturated heterocycles. The first-order valence-electron chi connectivity index (χ1n) is 10.7. The number of ether oxygens (including phenoxy) is 3. The van der Waals surface area contributed by atoms with Crippen molar-refractivity contribution in [3.63, 3.8) is 0 Å². The van der Waals surface area contributed by atoms with Crippen molar-refractivity contribution in [2.75, 3.05) is 13.2 Å². The van der Waals surface area contributed by atoms with Crippen molar-refractivity contribution in [2.45, 2.75) is 38.9 Å². The standard InChI is InChI=1S/C13H16NO4.C13H15O5.2CH3.2Y/c1-13(2,17)12(16)9-4-6-10(7-5-9)18-8-11(15)14-3;1-13(2,16)12(15)9-4-6-10(7-5-9)18-8-11(14)17-3;;;;/h4-7,17H,3,8H2,1-2H3,(H,14,15);4-7,16H,3,8H2,1-2H3;2*1H3;;/q4*-1;;. The van der Waals surface area contributed by atoms with E-state index in [0.717, 1.165) is 0 Å². The van der Waals surface area contributed by atoms with Crippen LogP contribution < -0.4 is 14.8 Å². The monoisotopic (exact) mass is 709 g/mol. The first kappa shape index (κ1) is 45.4. The topological polar surface area (TPSA) is 148 Å². The molecule has 3 N–H and O–H groups in total. The molecule has 0 saturated carbocycles. The second kappa shape index (κ2) is 21.2. The van der Waals surface area contributed by atoms with E-state index in [1.807, 2.05) is 0 Å². The van der Waals surface area contributed by atoms with Gasteiger partial charge in [0.1, 0.15) is 22.7 Å². The summed E-state index contributed by atoms with van der Waals surface area (Å²) in [7, 11) is 6.17. The van der Waals surface area contributed by atoms with E-state index in [9.17, 15) is 29.4 Å². The summed E-state index contributed by atoms with van der Waals surface area (Å²) >= 11 is 0. The van der Waals surface area contributed by atoms with E-state index in [4.69, 9.17) is 9.47 Å². The Kier molecular flexibility index (Phi) is 24.1. The van der Waals surface area contributed by atoms with Gasteiger partial charge in [0.2, 0.25) is 5.91 Å². The minimum Gasteiger partial charge on any atom is -0.638 e. The Balaban J connectivity index is -0.000000295. The van der Waals surface area contributed by atoms with Gasteiger partial charge in [-0.1, -0.05) is 0 Å². The predicted molar refractivity (Wildman–Crippen MR) is 143 cm³/mol. The van der Waals surface area contributed by atoms with Gasteiger partial charge in [0, 0.05) is 76.5 Å². The molecule has 1 amide bonds. The van der Waals surface area contributed by atoms with Gasteiger partial charge < -0.3 is 44.6 Å². The largest absolute Gasteiger partial charge is 0.638 e. The summed E-state index contributed by atoms with van der Waals surface area (Å²) in [5.41, 5.74) is -2.07. The van der Waals surface area contributed by atoms with Gasteiger partial charge >= 0.3 is 5.97 Å². The number of benzene rings is 2. The Hall–Kier alpha value is -1.55. The third-order valence-electron chi connectivity index (χ3n) is 4.43. The number of Topliss-reactive ketones (excluding diaryl/α,β-unsaturated/α-hetero) is 2. The van der Waals surface area contributed by atoms with Crippen molar-refractivity contribution in [3.05, 3.63) is 88.7 Å². The molecule has 2 aromatic rings. The molecule has 0 aliphatic carbocycles. The fourth-order valence-electron chi connectivity index (χ4n) is 2.50. The summed E-state index contributed by atoms with van der Waals surface area (Å²) in [4.78, 5) is 45.1. The molecule has 2 rings (SSSR count). The zero-order chi connectivity index (χ0) is 27.5. The van der Waals surface area contributed by atoms with Crippen molar-refractivity contribution >= 4 is 23.4 Å². The normalized spacial score (nSPS) is 9.80. The van der Waals surface area contributed by atoms with Gasteiger partial charge in [0.15, 0.2) is 24.8 Å². The van der Waals surface area contributed by atoms with Crippen molar-refractivity contribution in [3.8, 4) is 11.5 Å². The van der Waals surface area contributed by atoms with Crippen LogP contribution in [0, 0.1) is 29.0 Å². The summed E-state index contributed by atoms with van der Waals surface area (Å²) in [5, 5.41) is 21.3. The van der Waals surface area contributed by atoms with Crippen LogP contribution in [0.3, 0.4) is 0 Å². The molecular weight excluding hydrogens is 672 g/mol. The smallest absolute Gasteiger partial charge is 0.312 e. The Morgan fingerprint density at radius 1 is 0.725 bits per heavy atom. The van der Waals surface area contributed by atoms with E-state index in [-0.39, 0.29) is 111 Å². The molecule has 0 spiro atoms. The van der Waals surface area contributed by atoms with Crippen molar-refractivity contribution in [2.24, 2.45) is 0 Å². The van der Waals surface area contributed by atoms with Gasteiger partial charge in [-0.15, -0.1) is 0 Å². The van der Waals surface area contributed by atoms with Gasteiger partial charge in [-0.2, -0.15) is 7.11 Å². The second-order valence-corrected chi connectivity index (χ2v) is 8.52. The Morgan fingerprint density at radius 2 is 1.05 bits per heavy atom. The van der Waals surface area contributed by atoms with Crippen LogP contribution >= 0.6 is 0 Å². The number of carbonyl (C=O) groups excluding carboxylic acids is 4. The maximum Gasteiger partial charge on any atom is 0.312 e. The van der Waals surface area contributed by atoms with Gasteiger partial charge in [0.05, 0.1) is 0 Å². The summed E-state index contributed by atoms with van der Waals surface area (Å²) in [6, 6.07) is 12.3. The Labute approximate surface area is 287 Å². The van der Waals surface area contributed by atoms with Crippen molar-refractivity contribution < 1.29 is 109 Å². The minimum atomic E-state index is -1.42. The quantitative estimate of drug-likeness (QED) is 0.192. The average molecular weight is 709 g/mol. The molecule has 218 valence electrons. The van der Waals surface area contributed by atoms with E-state index in [2.05, 4.69) is 24.2 Å². The molecule has 0 bridgehead atoms. The summed E-state index contributed by atoms with van der Waals surface area (Å²) in [6.07, 6.45) is 0. The number of hydrogen-bond donors (Lipinski definition) is 3. The first-order chi connectivity index (χ1) is 16.7. The van der Waals surface area contributed by atoms with Crippen LogP contribution in [-0.2, 0) is 79.7 Å². The minimum absolute atomic E-state index is 0. The number of nitrogens with one attached hydrogen (secondary N) is 1. The molecule has 0 fully saturated rings. The summed E-state index contributed by atoms with van der Waals surface area (Å²) in [5.74, 6) is -0.798. The van der Waals surface area contributed by atoms with Crippen molar-refractivity contribution in [1.82, 2.24) is 5.32 Å². The maximum atomic E-state index is 11.7. The van der Waals surface area contributed by atoms with Gasteiger partial charge in [-0.25, -0.2) is 0 Å². The maximum absolute atomic E-state index is 11.7. The number of aliphatic hydroxyl groups is 2. The molecule has 10 nitrogen and oxygen atoms in total. The number of hydrogen-bond acceptors (Lipinski definition) is 9. The molecular formula is C28H37NO9Y2-4. The zero-order valence-electron chi connectivity index (χ0n) is 23.9. The molecule has 12 heteroatoms. The molecule has 0 aromatic heterocycles. The molecule has 2 radical (unpaired) electrons. The molecule has 0 unspecified atom stereocenters. The van der Waals surface area contributed by atoms with Gasteiger partial charge in [0.25, 0.3) is 0 Å². The fourth-order valence-corrected chi connectivity index (χ4v) is 2.50. The molecule has 40 heavy (non-hydrogen) atoms. The molecule has 0 aliphatic rings. The third-order valence-corrected chi connectivity index (χ3v) is 4.43. The molecule has 0 aliphatic heterocycles. The fraction of sp³-hybridized carbons (Fsp3) is 0.286. The van der Waals surface area contributed by atoms with Crippen LogP contribution in [0.1, 0.15) is 48.4 Å². The van der Waals surface area contributed by atoms with Crippen molar-refractivity contribution in [1.29, 1.82) is 0 Å². The Bertz CT molecular complexity index is 958. The van der Waals surface area contributed by atoms with E-state index in [0.29, 0.717) is 22.6 Å². The van der Waals surface area contributed by atoms with E-state index in [1.165, 1.54) is 64.1 Å². The Morgan fingerprint density at radius 3 is 1.32 bits per heavy atom. The van der Waals surface area contributed by atoms with Crippen LogP contribution in [0.5, 0.6) is 11.5 Å². The van der Waals surface area contributed by atoms with Gasteiger partial charge in [-0.3, -0.25) is 26.2 Å². The van der Waals surface area contributed by atoms with Gasteiger partial charge in [-0.05, 0) is 76.2 Å². The molecule has 2 aromatic carbocycles. The van der Waals surface area contributed by atoms with E-state index in [1.54, 1.807) is 12.1 Å². The molecule has 0 atom stereocenters. The number of carbonyl (C=O) groups is 4. The van der Waals surface area contributed by atoms with E-state index >= 15 is 0 Å².